The number of ether oxygens (including phenoxy) is 3. The summed E-state index contributed by atoms with van der Waals surface area (Å²) < 4.78 is 15.4. The molecule has 0 amide bonds. The number of hydrogen-bond acceptors (Lipinski definition) is 8. The number of ketones is 1. The molecule has 2 aromatic rings. The number of nitro benzene ring substituents is 1. The maximum atomic E-state index is 12.2. The summed E-state index contributed by atoms with van der Waals surface area (Å²) in [6.45, 7) is -0.425. The van der Waals surface area contributed by atoms with Gasteiger partial charge in [-0.25, -0.2) is 4.79 Å². The van der Waals surface area contributed by atoms with Crippen LogP contribution in [0.2, 0.25) is 0 Å². The van der Waals surface area contributed by atoms with Crippen molar-refractivity contribution in [1.29, 1.82) is 0 Å². The lowest BCUT2D eigenvalue weighted by molar-refractivity contribution is -0.384. The summed E-state index contributed by atoms with van der Waals surface area (Å²) in [4.78, 5) is 34.7. The van der Waals surface area contributed by atoms with Gasteiger partial charge in [0.05, 0.1) is 10.5 Å². The molecule has 9 nitrogen and oxygen atoms in total. The quantitative estimate of drug-likeness (QED) is 0.362. The number of fused-ring (bicyclic) bond motifs is 1. The van der Waals surface area contributed by atoms with Crippen LogP contribution in [0.3, 0.4) is 0 Å². The minimum Gasteiger partial charge on any atom is -0.454 e. The predicted molar refractivity (Wildman–Crippen MR) is 89.8 cm³/mol. The molecule has 0 atom stereocenters. The molecule has 0 saturated heterocycles. The van der Waals surface area contributed by atoms with Crippen molar-refractivity contribution in [2.24, 2.45) is 0 Å². The van der Waals surface area contributed by atoms with Crippen LogP contribution in [0.5, 0.6) is 11.5 Å². The average Bonchev–Trinajstić information content (AvgIpc) is 3.12. The van der Waals surface area contributed by atoms with Crippen LogP contribution in [0.25, 0.3) is 0 Å². The zero-order valence-electron chi connectivity index (χ0n) is 13.7. The average molecular weight is 358 g/mol. The molecule has 0 radical (unpaired) electrons. The van der Waals surface area contributed by atoms with Gasteiger partial charge in [-0.1, -0.05) is 0 Å². The molecule has 3 rings (SSSR count). The second-order valence-corrected chi connectivity index (χ2v) is 5.30. The summed E-state index contributed by atoms with van der Waals surface area (Å²) in [6.07, 6.45) is 0. The first-order valence-electron chi connectivity index (χ1n) is 7.56. The molecule has 26 heavy (non-hydrogen) atoms. The maximum Gasteiger partial charge on any atom is 0.340 e. The number of non-ortho nitro benzene ring substituents is 1. The van der Waals surface area contributed by atoms with Crippen LogP contribution in [-0.4, -0.2) is 37.1 Å². The predicted octanol–water partition coefficient (Wildman–Crippen LogP) is 2.40. The third-order valence-corrected chi connectivity index (χ3v) is 3.73. The number of benzene rings is 2. The first kappa shape index (κ1) is 17.2. The second kappa shape index (κ2) is 7.09. The smallest absolute Gasteiger partial charge is 0.340 e. The maximum absolute atomic E-state index is 12.2. The molecule has 0 bridgehead atoms. The molecular weight excluding hydrogens is 344 g/mol. The fourth-order valence-electron chi connectivity index (χ4n) is 2.39. The Morgan fingerprint density at radius 2 is 1.96 bits per heavy atom. The lowest BCUT2D eigenvalue weighted by Crippen LogP contribution is -2.15. The van der Waals surface area contributed by atoms with E-state index < -0.39 is 23.3 Å². The minimum absolute atomic E-state index is 0.0276. The van der Waals surface area contributed by atoms with Crippen LogP contribution in [0.1, 0.15) is 20.7 Å². The van der Waals surface area contributed by atoms with Gasteiger partial charge in [-0.05, 0) is 24.3 Å². The van der Waals surface area contributed by atoms with Crippen LogP contribution in [0, 0.1) is 10.1 Å². The van der Waals surface area contributed by atoms with Crippen molar-refractivity contribution >= 4 is 23.1 Å². The first-order valence-corrected chi connectivity index (χ1v) is 7.56. The van der Waals surface area contributed by atoms with Gasteiger partial charge in [0.25, 0.3) is 5.69 Å². The van der Waals surface area contributed by atoms with Gasteiger partial charge in [-0.3, -0.25) is 14.9 Å². The molecular formula is C17H14N2O7. The van der Waals surface area contributed by atoms with Crippen LogP contribution in [0.15, 0.2) is 36.4 Å². The number of nitrogens with one attached hydrogen (secondary N) is 1. The number of carbonyl (C=O) groups excluding carboxylic acids is 2. The number of Topliss-reactive ketones (excluding diaryl/α,β-unsaturated/α-hetero) is 1. The van der Waals surface area contributed by atoms with E-state index in [-0.39, 0.29) is 18.0 Å². The Hall–Kier alpha value is -3.62. The summed E-state index contributed by atoms with van der Waals surface area (Å²) in [5, 5.41) is 13.6. The van der Waals surface area contributed by atoms with Crippen LogP contribution in [-0.2, 0) is 4.74 Å². The molecule has 1 heterocycles. The molecule has 9 heteroatoms. The van der Waals surface area contributed by atoms with E-state index >= 15 is 0 Å². The van der Waals surface area contributed by atoms with Gasteiger partial charge in [0.15, 0.2) is 23.9 Å². The molecule has 0 aromatic heterocycles. The topological polar surface area (TPSA) is 117 Å². The zero-order chi connectivity index (χ0) is 18.7. The molecule has 2 aromatic carbocycles. The second-order valence-electron chi connectivity index (χ2n) is 5.30. The van der Waals surface area contributed by atoms with Gasteiger partial charge in [0.2, 0.25) is 6.79 Å². The van der Waals surface area contributed by atoms with Crippen molar-refractivity contribution in [1.82, 2.24) is 0 Å². The van der Waals surface area contributed by atoms with Crippen LogP contribution < -0.4 is 14.8 Å². The van der Waals surface area contributed by atoms with E-state index in [1.165, 1.54) is 24.3 Å². The Labute approximate surface area is 147 Å². The van der Waals surface area contributed by atoms with Gasteiger partial charge in [-0.15, -0.1) is 0 Å². The fourth-order valence-corrected chi connectivity index (χ4v) is 2.39. The number of hydrogen-bond donors (Lipinski definition) is 1. The van der Waals surface area contributed by atoms with Gasteiger partial charge >= 0.3 is 5.97 Å². The standard InChI is InChI=1S/C17H14N2O7/c1-18-13-4-3-11(19(22)23)7-12(13)17(21)24-8-14(20)10-2-5-15-16(6-10)26-9-25-15/h2-7,18H,8-9H2,1H3. The molecule has 0 fully saturated rings. The van der Waals surface area contributed by atoms with Crippen molar-refractivity contribution in [2.45, 2.75) is 0 Å². The lowest BCUT2D eigenvalue weighted by Gasteiger charge is -2.09. The van der Waals surface area contributed by atoms with Crippen molar-refractivity contribution in [3.05, 3.63) is 57.6 Å². The minimum atomic E-state index is -0.841. The SMILES string of the molecule is CNc1ccc([N+](=O)[O-])cc1C(=O)OCC(=O)c1ccc2c(c1)OCO2. The molecule has 134 valence electrons. The normalized spacial score (nSPS) is 11.7. The molecule has 1 N–H and O–H groups in total. The number of carbonyl (C=O) groups is 2. The van der Waals surface area contributed by atoms with E-state index in [4.69, 9.17) is 14.2 Å². The van der Waals surface area contributed by atoms with Gasteiger partial charge in [0.1, 0.15) is 0 Å². The highest BCUT2D eigenvalue weighted by atomic mass is 16.7. The number of nitro groups is 1. The van der Waals surface area contributed by atoms with Crippen molar-refractivity contribution in [3.63, 3.8) is 0 Å². The molecule has 0 aliphatic carbocycles. The number of nitrogens with zero attached hydrogens (tertiary/aromatic N) is 1. The molecule has 0 unspecified atom stereocenters. The third-order valence-electron chi connectivity index (χ3n) is 3.73. The Morgan fingerprint density at radius 1 is 1.19 bits per heavy atom. The van der Waals surface area contributed by atoms with Gasteiger partial charge in [-0.2, -0.15) is 0 Å². The monoisotopic (exact) mass is 358 g/mol. The highest BCUT2D eigenvalue weighted by Gasteiger charge is 2.20. The van der Waals surface area contributed by atoms with Crippen LogP contribution >= 0.6 is 0 Å². The molecule has 1 aliphatic rings. The molecule has 1 aliphatic heterocycles. The van der Waals surface area contributed by atoms with Crippen LogP contribution in [0.4, 0.5) is 11.4 Å². The van der Waals surface area contributed by atoms with Crippen molar-refractivity contribution in [2.75, 3.05) is 25.8 Å². The van der Waals surface area contributed by atoms with E-state index in [2.05, 4.69) is 5.32 Å². The largest absolute Gasteiger partial charge is 0.454 e. The Morgan fingerprint density at radius 3 is 2.69 bits per heavy atom. The number of anilines is 1. The zero-order valence-corrected chi connectivity index (χ0v) is 13.7. The summed E-state index contributed by atoms with van der Waals surface area (Å²) >= 11 is 0. The van der Waals surface area contributed by atoms with Crippen molar-refractivity contribution in [3.8, 4) is 11.5 Å². The number of esters is 1. The summed E-state index contributed by atoms with van der Waals surface area (Å²) in [7, 11) is 1.57. The molecule has 0 spiro atoms. The summed E-state index contributed by atoms with van der Waals surface area (Å²) in [5.74, 6) is -0.299. The summed E-state index contributed by atoms with van der Waals surface area (Å²) in [5.41, 5.74) is 0.379. The summed E-state index contributed by atoms with van der Waals surface area (Å²) in [6, 6.07) is 8.39. The Balaban J connectivity index is 1.71. The first-order chi connectivity index (χ1) is 12.5. The van der Waals surface area contributed by atoms with E-state index in [1.54, 1.807) is 13.1 Å². The number of rotatable bonds is 6. The molecule has 0 saturated carbocycles. The Bertz CT molecular complexity index is 895. The third kappa shape index (κ3) is 3.41. The van der Waals surface area contributed by atoms with Gasteiger partial charge in [0, 0.05) is 30.4 Å². The van der Waals surface area contributed by atoms with E-state index in [9.17, 15) is 19.7 Å². The highest BCUT2D eigenvalue weighted by Crippen LogP contribution is 2.32. The van der Waals surface area contributed by atoms with E-state index in [0.717, 1.165) is 6.07 Å². The fraction of sp³-hybridized carbons (Fsp3) is 0.176. The van der Waals surface area contributed by atoms with E-state index in [1.807, 2.05) is 0 Å². The van der Waals surface area contributed by atoms with E-state index in [0.29, 0.717) is 22.7 Å². The highest BCUT2D eigenvalue weighted by molar-refractivity contribution is 6.01. The van der Waals surface area contributed by atoms with Crippen molar-refractivity contribution < 1.29 is 28.7 Å². The lowest BCUT2D eigenvalue weighted by atomic mass is 10.1. The Kier molecular flexibility index (Phi) is 4.70. The van der Waals surface area contributed by atoms with Gasteiger partial charge < -0.3 is 19.5 Å².